The minimum atomic E-state index is -0.484. The number of amides is 1. The molecule has 0 fully saturated rings. The Morgan fingerprint density at radius 1 is 1.57 bits per heavy atom. The van der Waals surface area contributed by atoms with Gasteiger partial charge in [-0.1, -0.05) is 12.2 Å². The summed E-state index contributed by atoms with van der Waals surface area (Å²) < 4.78 is 13.0. The van der Waals surface area contributed by atoms with Gasteiger partial charge in [0.25, 0.3) is 0 Å². The molecule has 4 heteroatoms. The van der Waals surface area contributed by atoms with Crippen LogP contribution in [0.2, 0.25) is 0 Å². The summed E-state index contributed by atoms with van der Waals surface area (Å²) in [6, 6.07) is 3.67. The first-order valence-electron chi connectivity index (χ1n) is 4.03. The molecule has 3 N–H and O–H groups in total. The van der Waals surface area contributed by atoms with Crippen molar-refractivity contribution in [2.24, 2.45) is 5.73 Å². The number of carbonyl (C=O) groups is 1. The van der Waals surface area contributed by atoms with Crippen LogP contribution in [0.5, 0.6) is 5.75 Å². The van der Waals surface area contributed by atoms with Crippen molar-refractivity contribution in [2.45, 2.75) is 6.42 Å². The Hall–Kier alpha value is -1.84. The lowest BCUT2D eigenvalue weighted by molar-refractivity contribution is -0.117. The fourth-order valence-corrected chi connectivity index (χ4v) is 0.961. The van der Waals surface area contributed by atoms with E-state index in [1.807, 2.05) is 0 Å². The minimum Gasteiger partial charge on any atom is -0.508 e. The Balaban J connectivity index is 2.80. The molecule has 74 valence electrons. The predicted molar refractivity (Wildman–Crippen MR) is 50.9 cm³/mol. The van der Waals surface area contributed by atoms with E-state index in [0.29, 0.717) is 0 Å². The highest BCUT2D eigenvalue weighted by Crippen LogP contribution is 2.16. The molecule has 0 aliphatic carbocycles. The lowest BCUT2D eigenvalue weighted by Gasteiger charge is -1.97. The molecule has 0 unspecified atom stereocenters. The van der Waals surface area contributed by atoms with Gasteiger partial charge < -0.3 is 10.8 Å². The molecule has 14 heavy (non-hydrogen) atoms. The maximum Gasteiger partial charge on any atom is 0.221 e. The number of hydrogen-bond donors (Lipinski definition) is 2. The van der Waals surface area contributed by atoms with Crippen LogP contribution >= 0.6 is 0 Å². The van der Waals surface area contributed by atoms with Gasteiger partial charge in [0.2, 0.25) is 5.91 Å². The molecule has 1 amide bonds. The summed E-state index contributed by atoms with van der Waals surface area (Å²) in [5, 5.41) is 9.05. The fourth-order valence-electron chi connectivity index (χ4n) is 0.961. The molecule has 0 saturated heterocycles. The Bertz CT molecular complexity index is 374. The molecule has 1 aromatic carbocycles. The van der Waals surface area contributed by atoms with E-state index < -0.39 is 11.7 Å². The zero-order valence-electron chi connectivity index (χ0n) is 7.40. The topological polar surface area (TPSA) is 63.3 Å². The van der Waals surface area contributed by atoms with Gasteiger partial charge in [-0.05, 0) is 18.2 Å². The average Bonchev–Trinajstić information content (AvgIpc) is 2.10. The van der Waals surface area contributed by atoms with E-state index in [0.717, 1.165) is 6.07 Å². The molecule has 1 rings (SSSR count). The van der Waals surface area contributed by atoms with E-state index in [-0.39, 0.29) is 17.7 Å². The first-order valence-corrected chi connectivity index (χ1v) is 4.03. The van der Waals surface area contributed by atoms with Gasteiger partial charge in [-0.3, -0.25) is 4.79 Å². The third-order valence-corrected chi connectivity index (χ3v) is 1.60. The van der Waals surface area contributed by atoms with Crippen molar-refractivity contribution < 1.29 is 14.3 Å². The van der Waals surface area contributed by atoms with E-state index in [1.54, 1.807) is 0 Å². The van der Waals surface area contributed by atoms with Crippen LogP contribution in [0.25, 0.3) is 6.08 Å². The third-order valence-electron chi connectivity index (χ3n) is 1.60. The van der Waals surface area contributed by atoms with Crippen LogP contribution in [0.15, 0.2) is 24.3 Å². The second kappa shape index (κ2) is 4.41. The molecule has 0 radical (unpaired) electrons. The Labute approximate surface area is 80.7 Å². The molecular weight excluding hydrogens is 185 g/mol. The number of nitrogens with two attached hydrogens (primary N) is 1. The average molecular weight is 195 g/mol. The second-order valence-electron chi connectivity index (χ2n) is 2.78. The van der Waals surface area contributed by atoms with Gasteiger partial charge >= 0.3 is 0 Å². The van der Waals surface area contributed by atoms with Crippen molar-refractivity contribution in [3.8, 4) is 5.75 Å². The zero-order chi connectivity index (χ0) is 10.6. The largest absolute Gasteiger partial charge is 0.508 e. The van der Waals surface area contributed by atoms with Crippen LogP contribution in [0.3, 0.4) is 0 Å². The highest BCUT2D eigenvalue weighted by atomic mass is 19.1. The molecule has 0 atom stereocenters. The number of phenolic OH excluding ortho intramolecular Hbond substituents is 1. The van der Waals surface area contributed by atoms with Crippen LogP contribution in [0.1, 0.15) is 12.0 Å². The van der Waals surface area contributed by atoms with E-state index in [4.69, 9.17) is 10.8 Å². The highest BCUT2D eigenvalue weighted by Gasteiger charge is 1.99. The number of phenols is 1. The van der Waals surface area contributed by atoms with E-state index in [2.05, 4.69) is 0 Å². The van der Waals surface area contributed by atoms with Gasteiger partial charge in [0, 0.05) is 12.0 Å². The normalized spacial score (nSPS) is 10.6. The van der Waals surface area contributed by atoms with Crippen molar-refractivity contribution in [3.05, 3.63) is 35.7 Å². The van der Waals surface area contributed by atoms with Crippen LogP contribution in [-0.4, -0.2) is 11.0 Å². The predicted octanol–water partition coefficient (Wildman–Crippen LogP) is 1.42. The number of rotatable bonds is 3. The van der Waals surface area contributed by atoms with Crippen LogP contribution in [0.4, 0.5) is 4.39 Å². The standard InChI is InChI=1S/C10H10FNO2/c11-9-5-4-8(13)6-7(9)2-1-3-10(12)14/h1-2,4-6,13H,3H2,(H2,12,14). The van der Waals surface area contributed by atoms with Gasteiger partial charge in [0.05, 0.1) is 0 Å². The van der Waals surface area contributed by atoms with Crippen LogP contribution in [0, 0.1) is 5.82 Å². The Morgan fingerprint density at radius 2 is 2.29 bits per heavy atom. The number of hydrogen-bond acceptors (Lipinski definition) is 2. The molecule has 0 aliphatic rings. The minimum absolute atomic E-state index is 0.0230. The lowest BCUT2D eigenvalue weighted by atomic mass is 10.2. The number of primary amides is 1. The summed E-state index contributed by atoms with van der Waals surface area (Å²) in [5.41, 5.74) is 5.12. The van der Waals surface area contributed by atoms with Gasteiger partial charge in [0.15, 0.2) is 0 Å². The smallest absolute Gasteiger partial charge is 0.221 e. The first-order chi connectivity index (χ1) is 6.59. The van der Waals surface area contributed by atoms with Gasteiger partial charge in [-0.2, -0.15) is 0 Å². The van der Waals surface area contributed by atoms with Gasteiger partial charge in [0.1, 0.15) is 11.6 Å². The summed E-state index contributed by atoms with van der Waals surface area (Å²) in [7, 11) is 0. The second-order valence-corrected chi connectivity index (χ2v) is 2.78. The molecule has 0 saturated carbocycles. The third kappa shape index (κ3) is 2.90. The monoisotopic (exact) mass is 195 g/mol. The van der Waals surface area contributed by atoms with Crippen LogP contribution < -0.4 is 5.73 Å². The summed E-state index contributed by atoms with van der Waals surface area (Å²) >= 11 is 0. The molecule has 3 nitrogen and oxygen atoms in total. The molecule has 0 aromatic heterocycles. The molecule has 1 aromatic rings. The molecule has 0 heterocycles. The van der Waals surface area contributed by atoms with E-state index in [1.165, 1.54) is 24.3 Å². The summed E-state index contributed by atoms with van der Waals surface area (Å²) in [6.45, 7) is 0. The number of halogens is 1. The Kier molecular flexibility index (Phi) is 3.23. The van der Waals surface area contributed by atoms with Crippen molar-refractivity contribution in [1.82, 2.24) is 0 Å². The van der Waals surface area contributed by atoms with Gasteiger partial charge in [-0.15, -0.1) is 0 Å². The van der Waals surface area contributed by atoms with Crippen molar-refractivity contribution in [2.75, 3.05) is 0 Å². The maximum atomic E-state index is 13.0. The molecule has 0 bridgehead atoms. The van der Waals surface area contributed by atoms with Crippen molar-refractivity contribution in [3.63, 3.8) is 0 Å². The summed E-state index contributed by atoms with van der Waals surface area (Å²) in [5.74, 6) is -0.963. The molecule has 0 aliphatic heterocycles. The highest BCUT2D eigenvalue weighted by molar-refractivity contribution is 5.76. The lowest BCUT2D eigenvalue weighted by Crippen LogP contribution is -2.07. The van der Waals surface area contributed by atoms with E-state index >= 15 is 0 Å². The Morgan fingerprint density at radius 3 is 2.93 bits per heavy atom. The van der Waals surface area contributed by atoms with Crippen LogP contribution in [-0.2, 0) is 4.79 Å². The van der Waals surface area contributed by atoms with Crippen molar-refractivity contribution >= 4 is 12.0 Å². The first kappa shape index (κ1) is 10.2. The quantitative estimate of drug-likeness (QED) is 0.766. The zero-order valence-corrected chi connectivity index (χ0v) is 7.40. The number of benzene rings is 1. The fraction of sp³-hybridized carbons (Fsp3) is 0.100. The maximum absolute atomic E-state index is 13.0. The number of carbonyl (C=O) groups excluding carboxylic acids is 1. The van der Waals surface area contributed by atoms with Gasteiger partial charge in [-0.25, -0.2) is 4.39 Å². The summed E-state index contributed by atoms with van der Waals surface area (Å²) in [4.78, 5) is 10.4. The SMILES string of the molecule is NC(=O)CC=Cc1cc(O)ccc1F. The van der Waals surface area contributed by atoms with E-state index in [9.17, 15) is 9.18 Å². The molecular formula is C10H10FNO2. The van der Waals surface area contributed by atoms with Crippen molar-refractivity contribution in [1.29, 1.82) is 0 Å². The molecule has 0 spiro atoms. The summed E-state index contributed by atoms with van der Waals surface area (Å²) in [6.07, 6.45) is 2.90. The number of aromatic hydroxyl groups is 1.